The SMILES string of the molecule is COc1ccc(-c2c3cc(O)c(OC)cc3[o+]c3cc(OC)c(O)cc23)cc1.[O-][Cl+3]([O-])([O-])[O-]. The number of benzene rings is 3. The molecule has 1 heterocycles. The van der Waals surface area contributed by atoms with Gasteiger partial charge in [0.15, 0.2) is 23.0 Å². The highest BCUT2D eigenvalue weighted by atomic mass is 35.7. The van der Waals surface area contributed by atoms with E-state index in [0.29, 0.717) is 33.4 Å². The monoisotopic (exact) mass is 478 g/mol. The highest BCUT2D eigenvalue weighted by molar-refractivity contribution is 6.09. The lowest BCUT2D eigenvalue weighted by molar-refractivity contribution is -2.00. The molecule has 0 unspecified atom stereocenters. The van der Waals surface area contributed by atoms with Crippen molar-refractivity contribution in [2.45, 2.75) is 0 Å². The molecule has 0 saturated heterocycles. The van der Waals surface area contributed by atoms with E-state index in [2.05, 4.69) is 0 Å². The van der Waals surface area contributed by atoms with Gasteiger partial charge in [-0.05, 0) is 17.7 Å². The number of ether oxygens (including phenoxy) is 3. The second-order valence-corrected chi connectivity index (χ2v) is 7.38. The third kappa shape index (κ3) is 5.45. The fraction of sp³-hybridized carbons (Fsp3) is 0.136. The van der Waals surface area contributed by atoms with E-state index in [1.807, 2.05) is 24.3 Å². The fourth-order valence-electron chi connectivity index (χ4n) is 3.32. The third-order valence-electron chi connectivity index (χ3n) is 4.70. The fourth-order valence-corrected chi connectivity index (χ4v) is 3.32. The molecule has 1 aromatic heterocycles. The van der Waals surface area contributed by atoms with Gasteiger partial charge in [-0.3, -0.25) is 0 Å². The molecule has 0 fully saturated rings. The van der Waals surface area contributed by atoms with Crippen molar-refractivity contribution in [2.75, 3.05) is 21.3 Å². The number of aromatic hydroxyl groups is 2. The van der Waals surface area contributed by atoms with Crippen LogP contribution in [-0.4, -0.2) is 31.5 Å². The first-order chi connectivity index (χ1) is 15.5. The molecule has 2 N–H and O–H groups in total. The van der Waals surface area contributed by atoms with Crippen molar-refractivity contribution in [3.63, 3.8) is 0 Å². The molecule has 0 aliphatic carbocycles. The first-order valence-electron chi connectivity index (χ1n) is 9.19. The molecule has 0 aliphatic heterocycles. The lowest BCUT2D eigenvalue weighted by atomic mass is 9.96. The van der Waals surface area contributed by atoms with Crippen LogP contribution in [0.3, 0.4) is 0 Å². The number of hydrogen-bond donors (Lipinski definition) is 2. The van der Waals surface area contributed by atoms with Crippen molar-refractivity contribution in [1.82, 2.24) is 0 Å². The number of halogens is 1. The molecule has 4 rings (SSSR count). The Morgan fingerprint density at radius 1 is 0.697 bits per heavy atom. The first kappa shape index (κ1) is 24.1. The summed E-state index contributed by atoms with van der Waals surface area (Å²) in [5, 5.41) is 22.0. The van der Waals surface area contributed by atoms with E-state index in [9.17, 15) is 10.2 Å². The van der Waals surface area contributed by atoms with E-state index in [1.165, 1.54) is 14.2 Å². The molecular weight excluding hydrogens is 460 g/mol. The van der Waals surface area contributed by atoms with Crippen LogP contribution in [0, 0.1) is 10.2 Å². The van der Waals surface area contributed by atoms with Crippen LogP contribution in [0.2, 0.25) is 0 Å². The van der Waals surface area contributed by atoms with Crippen molar-refractivity contribution in [3.8, 4) is 39.9 Å². The summed E-state index contributed by atoms with van der Waals surface area (Å²) < 4.78 is 55.7. The van der Waals surface area contributed by atoms with Gasteiger partial charge in [-0.1, -0.05) is 12.1 Å². The maximum absolute atomic E-state index is 10.3. The van der Waals surface area contributed by atoms with E-state index >= 15 is 0 Å². The van der Waals surface area contributed by atoms with Crippen LogP contribution in [0.5, 0.6) is 28.7 Å². The number of fused-ring (bicyclic) bond motifs is 2. The van der Waals surface area contributed by atoms with Gasteiger partial charge < -0.3 is 24.4 Å². The summed E-state index contributed by atoms with van der Waals surface area (Å²) in [5.74, 6) is 1.34. The van der Waals surface area contributed by atoms with Crippen molar-refractivity contribution in [3.05, 3.63) is 48.5 Å². The van der Waals surface area contributed by atoms with Crippen molar-refractivity contribution in [2.24, 2.45) is 0 Å². The smallest absolute Gasteiger partial charge is 0.365 e. The second kappa shape index (κ2) is 9.53. The molecule has 174 valence electrons. The number of rotatable bonds is 4. The minimum absolute atomic E-state index is 0.00274. The molecule has 0 atom stereocenters. The molecule has 33 heavy (non-hydrogen) atoms. The molecule has 0 spiro atoms. The number of methoxy groups -OCH3 is 3. The molecular formula is C22H19ClO10. The normalized spacial score (nSPS) is 11.1. The second-order valence-electron chi connectivity index (χ2n) is 6.62. The summed E-state index contributed by atoms with van der Waals surface area (Å²) in [7, 11) is -0.378. The van der Waals surface area contributed by atoms with Crippen LogP contribution in [0.15, 0.2) is 52.9 Å². The van der Waals surface area contributed by atoms with Gasteiger partial charge in [0.05, 0.1) is 44.2 Å². The van der Waals surface area contributed by atoms with Crippen LogP contribution in [-0.2, 0) is 0 Å². The molecule has 0 bridgehead atoms. The highest BCUT2D eigenvalue weighted by Gasteiger charge is 2.24. The molecule has 0 aliphatic rings. The van der Waals surface area contributed by atoms with Gasteiger partial charge in [0.1, 0.15) is 5.75 Å². The minimum Gasteiger partial charge on any atom is -0.504 e. The van der Waals surface area contributed by atoms with E-state index in [-0.39, 0.29) is 11.5 Å². The molecule has 0 radical (unpaired) electrons. The molecule has 0 saturated carbocycles. The van der Waals surface area contributed by atoms with Crippen LogP contribution < -0.4 is 32.8 Å². The van der Waals surface area contributed by atoms with Crippen LogP contribution in [0.1, 0.15) is 0 Å². The number of hydrogen-bond acceptors (Lipinski definition) is 9. The van der Waals surface area contributed by atoms with Crippen molar-refractivity contribution >= 4 is 21.9 Å². The average molecular weight is 479 g/mol. The zero-order valence-electron chi connectivity index (χ0n) is 17.7. The van der Waals surface area contributed by atoms with Gasteiger partial charge in [0, 0.05) is 17.7 Å². The first-order valence-corrected chi connectivity index (χ1v) is 10.4. The highest BCUT2D eigenvalue weighted by Crippen LogP contribution is 2.44. The summed E-state index contributed by atoms with van der Waals surface area (Å²) in [6.45, 7) is 0. The molecule has 10 nitrogen and oxygen atoms in total. The van der Waals surface area contributed by atoms with Gasteiger partial charge >= 0.3 is 11.2 Å². The van der Waals surface area contributed by atoms with E-state index in [1.54, 1.807) is 31.4 Å². The molecule has 11 heteroatoms. The summed E-state index contributed by atoms with van der Waals surface area (Å²) in [6.07, 6.45) is 0. The molecule has 0 amide bonds. The van der Waals surface area contributed by atoms with Gasteiger partial charge in [-0.15, -0.1) is 10.2 Å². The Kier molecular flexibility index (Phi) is 6.96. The standard InChI is InChI=1S/C22H18O6.ClHO4/c1-25-13-6-4-12(5-7-13)22-14-8-16(23)20(26-2)10-18(14)28-19-11-21(27-3)17(24)9-15(19)22;2-1(3,4)5/h4-11H,1-3H3,(H-,23,24);(H,2,3,4,5). The minimum atomic E-state index is -4.94. The molecule has 4 aromatic rings. The van der Waals surface area contributed by atoms with Gasteiger partial charge in [0.25, 0.3) is 0 Å². The Balaban J connectivity index is 0.000000555. The summed E-state index contributed by atoms with van der Waals surface area (Å²) in [6, 6.07) is 14.0. The maximum Gasteiger partial charge on any atom is 0.365 e. The Labute approximate surface area is 189 Å². The Hall–Kier alpha value is -3.54. The van der Waals surface area contributed by atoms with Crippen molar-refractivity contribution in [1.29, 1.82) is 0 Å². The average Bonchev–Trinajstić information content (AvgIpc) is 2.76. The zero-order valence-corrected chi connectivity index (χ0v) is 18.4. The topological polar surface area (TPSA) is 172 Å². The maximum atomic E-state index is 10.3. The number of phenolic OH excluding ortho intramolecular Hbond substituents is 2. The van der Waals surface area contributed by atoms with Gasteiger partial charge in [0.2, 0.25) is 0 Å². The Morgan fingerprint density at radius 3 is 1.48 bits per heavy atom. The van der Waals surface area contributed by atoms with Crippen LogP contribution >= 0.6 is 0 Å². The lowest BCUT2D eigenvalue weighted by Gasteiger charge is -2.17. The molecule has 3 aromatic carbocycles. The zero-order chi connectivity index (χ0) is 24.3. The van der Waals surface area contributed by atoms with Crippen molar-refractivity contribution < 1.29 is 57.7 Å². The lowest BCUT2D eigenvalue weighted by Crippen LogP contribution is -2.68. The summed E-state index contributed by atoms with van der Waals surface area (Å²) in [5.41, 5.74) is 2.73. The van der Waals surface area contributed by atoms with E-state index in [0.717, 1.165) is 16.9 Å². The Morgan fingerprint density at radius 2 is 1.12 bits per heavy atom. The summed E-state index contributed by atoms with van der Waals surface area (Å²) >= 11 is 0. The quantitative estimate of drug-likeness (QED) is 0.305. The largest absolute Gasteiger partial charge is 0.504 e. The van der Waals surface area contributed by atoms with Gasteiger partial charge in [-0.2, -0.15) is 0 Å². The Bertz CT molecular complexity index is 1210. The summed E-state index contributed by atoms with van der Waals surface area (Å²) in [4.78, 5) is 0. The third-order valence-corrected chi connectivity index (χ3v) is 4.70. The van der Waals surface area contributed by atoms with Gasteiger partial charge in [-0.25, -0.2) is 23.1 Å². The van der Waals surface area contributed by atoms with E-state index < -0.39 is 10.2 Å². The predicted octanol–water partition coefficient (Wildman–Crippen LogP) is 0.215. The van der Waals surface area contributed by atoms with Crippen LogP contribution in [0.25, 0.3) is 33.1 Å². The predicted molar refractivity (Wildman–Crippen MR) is 107 cm³/mol. The number of phenols is 2. The van der Waals surface area contributed by atoms with E-state index in [4.69, 9.17) is 37.3 Å². The van der Waals surface area contributed by atoms with Crippen LogP contribution in [0.4, 0.5) is 0 Å².